The molecule has 39 heavy (non-hydrogen) atoms. The van der Waals surface area contributed by atoms with Crippen LogP contribution in [0.3, 0.4) is 0 Å². The second-order valence-corrected chi connectivity index (χ2v) is 9.88. The van der Waals surface area contributed by atoms with Crippen LogP contribution in [0.2, 0.25) is 10.0 Å². The molecular weight excluding hydrogens is 598 g/mol. The van der Waals surface area contributed by atoms with Gasteiger partial charge >= 0.3 is 18.0 Å². The van der Waals surface area contributed by atoms with Crippen molar-refractivity contribution < 1.29 is 35.5 Å². The summed E-state index contributed by atoms with van der Waals surface area (Å²) in [7, 11) is 0. The number of allylic oxidation sites excluding steroid dienone is 2. The van der Waals surface area contributed by atoms with Gasteiger partial charge in [0.05, 0.1) is 27.4 Å². The van der Waals surface area contributed by atoms with Gasteiger partial charge in [0.1, 0.15) is 0 Å². The number of hydrogen-bond donors (Lipinski definition) is 1. The van der Waals surface area contributed by atoms with E-state index in [1.807, 2.05) is 6.07 Å². The Kier molecular flexibility index (Phi) is 9.35. The molecule has 0 bridgehead atoms. The van der Waals surface area contributed by atoms with E-state index in [1.165, 1.54) is 17.0 Å². The molecular formula is C25H19Cl3F7N3O. The molecule has 0 radical (unpaired) electrons. The summed E-state index contributed by atoms with van der Waals surface area (Å²) in [5, 5.41) is 10.4. The van der Waals surface area contributed by atoms with Gasteiger partial charge in [0, 0.05) is 36.0 Å². The molecule has 1 aromatic heterocycles. The summed E-state index contributed by atoms with van der Waals surface area (Å²) in [6.07, 6.45) is -5.79. The van der Waals surface area contributed by atoms with E-state index in [2.05, 4.69) is 5.32 Å². The van der Waals surface area contributed by atoms with Crippen LogP contribution in [0.5, 0.6) is 0 Å². The van der Waals surface area contributed by atoms with Crippen molar-refractivity contribution in [1.29, 1.82) is 5.26 Å². The maximum atomic E-state index is 14.5. The lowest BCUT2D eigenvalue weighted by Crippen LogP contribution is -2.50. The summed E-state index contributed by atoms with van der Waals surface area (Å²) in [6, 6.07) is 4.07. The minimum atomic E-state index is -6.32. The molecule has 1 aliphatic rings. The van der Waals surface area contributed by atoms with E-state index in [4.69, 9.17) is 40.1 Å². The van der Waals surface area contributed by atoms with E-state index < -0.39 is 39.5 Å². The highest BCUT2D eigenvalue weighted by Crippen LogP contribution is 2.54. The van der Waals surface area contributed by atoms with Crippen molar-refractivity contribution in [2.75, 3.05) is 6.54 Å². The Balaban J connectivity index is 1.90. The Morgan fingerprint density at radius 2 is 1.62 bits per heavy atom. The minimum Gasteiger partial charge on any atom is -0.352 e. The highest BCUT2D eigenvalue weighted by atomic mass is 35.5. The van der Waals surface area contributed by atoms with Crippen LogP contribution < -0.4 is 5.32 Å². The number of aromatic nitrogens is 1. The van der Waals surface area contributed by atoms with Crippen molar-refractivity contribution in [1.82, 2.24) is 9.88 Å². The maximum Gasteiger partial charge on any atom is 0.435 e. The second kappa shape index (κ2) is 11.8. The van der Waals surface area contributed by atoms with Crippen LogP contribution in [-0.4, -0.2) is 29.4 Å². The first-order valence-corrected chi connectivity index (χ1v) is 12.5. The van der Waals surface area contributed by atoms with Crippen LogP contribution in [0.1, 0.15) is 43.2 Å². The van der Waals surface area contributed by atoms with Crippen molar-refractivity contribution in [3.8, 4) is 11.8 Å². The van der Waals surface area contributed by atoms with Crippen LogP contribution in [0.25, 0.3) is 11.3 Å². The van der Waals surface area contributed by atoms with Crippen LogP contribution in [-0.2, 0) is 10.5 Å². The predicted molar refractivity (Wildman–Crippen MR) is 133 cm³/mol. The van der Waals surface area contributed by atoms with Gasteiger partial charge in [-0.2, -0.15) is 31.6 Å². The Bertz CT molecular complexity index is 1320. The van der Waals surface area contributed by atoms with Crippen molar-refractivity contribution in [3.63, 3.8) is 0 Å². The topological polar surface area (TPSA) is 57.8 Å². The summed E-state index contributed by atoms with van der Waals surface area (Å²) in [5.74, 6) is -0.403. The van der Waals surface area contributed by atoms with E-state index in [0.29, 0.717) is 54.8 Å². The van der Waals surface area contributed by atoms with E-state index in [9.17, 15) is 35.5 Å². The zero-order valence-electron chi connectivity index (χ0n) is 19.8. The van der Waals surface area contributed by atoms with E-state index >= 15 is 0 Å². The average molecular weight is 617 g/mol. The minimum absolute atomic E-state index is 0.166. The van der Waals surface area contributed by atoms with Gasteiger partial charge in [-0.3, -0.25) is 4.79 Å². The zero-order valence-corrected chi connectivity index (χ0v) is 22.1. The molecule has 2 aromatic rings. The van der Waals surface area contributed by atoms with Crippen molar-refractivity contribution in [2.45, 2.75) is 50.1 Å². The smallest absolute Gasteiger partial charge is 0.352 e. The molecule has 0 saturated carbocycles. The summed E-state index contributed by atoms with van der Waals surface area (Å²) in [4.78, 5) is 12.6. The van der Waals surface area contributed by atoms with Gasteiger partial charge < -0.3 is 9.88 Å². The lowest BCUT2D eigenvalue weighted by Gasteiger charge is -2.30. The van der Waals surface area contributed by atoms with Crippen LogP contribution >= 0.6 is 34.8 Å². The largest absolute Gasteiger partial charge is 0.435 e. The number of hydrogen-bond acceptors (Lipinski definition) is 2. The monoisotopic (exact) mass is 615 g/mol. The normalized spacial score (nSPS) is 14.7. The molecule has 1 aromatic carbocycles. The summed E-state index contributed by atoms with van der Waals surface area (Å²) in [5.41, 5.74) is -6.18. The van der Waals surface area contributed by atoms with Gasteiger partial charge in [0.15, 0.2) is 0 Å². The number of rotatable bonds is 8. The number of alkyl halides is 7. The Morgan fingerprint density at radius 1 is 1.00 bits per heavy atom. The van der Waals surface area contributed by atoms with Gasteiger partial charge in [-0.15, -0.1) is 0 Å². The molecule has 1 heterocycles. The molecule has 0 aliphatic heterocycles. The van der Waals surface area contributed by atoms with Crippen LogP contribution in [0.4, 0.5) is 30.7 Å². The van der Waals surface area contributed by atoms with Crippen molar-refractivity contribution in [3.05, 3.63) is 68.4 Å². The Morgan fingerprint density at radius 3 is 2.18 bits per heavy atom. The van der Waals surface area contributed by atoms with E-state index in [-0.39, 0.29) is 23.4 Å². The first kappa shape index (κ1) is 30.9. The van der Waals surface area contributed by atoms with Crippen LogP contribution in [0, 0.1) is 11.3 Å². The third-order valence-corrected chi connectivity index (χ3v) is 6.96. The Hall–Kier alpha value is -2.68. The number of carbonyl (C=O) groups excluding carboxylic acids is 1. The molecule has 0 spiro atoms. The molecule has 0 atom stereocenters. The lowest BCUT2D eigenvalue weighted by atomic mass is 9.94. The van der Waals surface area contributed by atoms with Crippen LogP contribution in [0.15, 0.2) is 47.3 Å². The summed E-state index contributed by atoms with van der Waals surface area (Å²) >= 11 is 18.3. The molecule has 4 nitrogen and oxygen atoms in total. The number of halogens is 10. The first-order valence-electron chi connectivity index (χ1n) is 11.4. The molecule has 1 aliphatic carbocycles. The molecule has 210 valence electrons. The number of nitrogens with zero attached hydrogens (tertiary/aromatic N) is 2. The van der Waals surface area contributed by atoms with E-state index in [1.54, 1.807) is 12.1 Å². The standard InChI is InChI=1S/C25H19Cl3F7N3O/c26-18-5-4-14(10-17(18)22(39)37-8-3-1-2-7-36)15-6-9-38(13-15)21-19(27)11-16(12-20(21)28)23(29,24(30,31)32)25(33,34)35/h6,9-13H,1-5,8H2,(H,37,39). The summed E-state index contributed by atoms with van der Waals surface area (Å²) < 4.78 is 94.8. The predicted octanol–water partition coefficient (Wildman–Crippen LogP) is 8.55. The fourth-order valence-electron chi connectivity index (χ4n) is 3.97. The SMILES string of the molecule is N#CCCCCNC(=O)C1=C(Cl)CCC(c2ccn(-c3c(Cl)cc(C(F)(C(F)(F)F)C(F)(F)F)cc3Cl)c2)=C1. The van der Waals surface area contributed by atoms with Gasteiger partial charge in [0.2, 0.25) is 0 Å². The number of carbonyl (C=O) groups is 1. The van der Waals surface area contributed by atoms with Gasteiger partial charge in [0.25, 0.3) is 5.91 Å². The third-order valence-electron chi connectivity index (χ3n) is 5.99. The number of benzene rings is 1. The average Bonchev–Trinajstić information content (AvgIpc) is 3.31. The molecule has 14 heteroatoms. The quantitative estimate of drug-likeness (QED) is 0.239. The van der Waals surface area contributed by atoms with Crippen molar-refractivity contribution in [2.24, 2.45) is 0 Å². The maximum absolute atomic E-state index is 14.5. The highest BCUT2D eigenvalue weighted by molar-refractivity contribution is 6.38. The zero-order chi connectivity index (χ0) is 29.2. The van der Waals surface area contributed by atoms with Gasteiger partial charge in [-0.1, -0.05) is 34.8 Å². The molecule has 0 unspecified atom stereocenters. The lowest BCUT2D eigenvalue weighted by molar-refractivity contribution is -0.348. The summed E-state index contributed by atoms with van der Waals surface area (Å²) in [6.45, 7) is 0.351. The Labute approximate surface area is 233 Å². The number of unbranched alkanes of at least 4 members (excludes halogenated alkanes) is 2. The van der Waals surface area contributed by atoms with Gasteiger partial charge in [-0.25, -0.2) is 4.39 Å². The number of amides is 1. The second-order valence-electron chi connectivity index (χ2n) is 8.61. The first-order chi connectivity index (χ1) is 18.1. The van der Waals surface area contributed by atoms with E-state index in [0.717, 1.165) is 0 Å². The molecule has 0 fully saturated rings. The highest BCUT2D eigenvalue weighted by Gasteiger charge is 2.73. The fourth-order valence-corrected chi connectivity index (χ4v) is 4.89. The number of nitrogens with one attached hydrogen (secondary N) is 1. The third kappa shape index (κ3) is 6.39. The van der Waals surface area contributed by atoms with Crippen molar-refractivity contribution >= 4 is 46.3 Å². The molecule has 3 rings (SSSR count). The fraction of sp³-hybridized carbons (Fsp3) is 0.360. The molecule has 1 N–H and O–H groups in total. The number of nitriles is 1. The molecule has 1 amide bonds. The molecule has 0 saturated heterocycles. The van der Waals surface area contributed by atoms with Gasteiger partial charge in [-0.05, 0) is 61.1 Å².